The fraction of sp³-hybridized carbons (Fsp3) is 0.133. The molecule has 0 atom stereocenters. The fourth-order valence-electron chi connectivity index (χ4n) is 1.84. The number of aromatic hydroxyl groups is 2. The number of hydrazone groups is 1. The monoisotopic (exact) mass is 352 g/mol. The van der Waals surface area contributed by atoms with E-state index in [0.717, 1.165) is 0 Å². The third-order valence-corrected chi connectivity index (χ3v) is 4.31. The average molecular weight is 352 g/mol. The van der Waals surface area contributed by atoms with Gasteiger partial charge in [-0.25, -0.2) is 0 Å². The zero-order valence-corrected chi connectivity index (χ0v) is 13.7. The summed E-state index contributed by atoms with van der Waals surface area (Å²) >= 11 is 0. The van der Waals surface area contributed by atoms with Gasteiger partial charge in [0.2, 0.25) is 0 Å². The lowest BCUT2D eigenvalue weighted by molar-refractivity contribution is 0.386. The van der Waals surface area contributed by atoms with Crippen LogP contribution < -0.4 is 14.3 Å². The summed E-state index contributed by atoms with van der Waals surface area (Å²) in [6, 6.07) is 8.22. The number of benzene rings is 2. The lowest BCUT2D eigenvalue weighted by Crippen LogP contribution is -2.19. The van der Waals surface area contributed by atoms with Crippen LogP contribution in [0.4, 0.5) is 0 Å². The van der Waals surface area contributed by atoms with E-state index in [1.807, 2.05) is 4.83 Å². The Morgan fingerprint density at radius 1 is 1.04 bits per heavy atom. The van der Waals surface area contributed by atoms with Crippen LogP contribution in [0.5, 0.6) is 23.0 Å². The van der Waals surface area contributed by atoms with Gasteiger partial charge in [0.1, 0.15) is 16.4 Å². The van der Waals surface area contributed by atoms with Gasteiger partial charge in [-0.2, -0.15) is 18.4 Å². The van der Waals surface area contributed by atoms with Crippen molar-refractivity contribution in [2.24, 2.45) is 5.10 Å². The Kier molecular flexibility index (Phi) is 5.14. The Morgan fingerprint density at radius 2 is 1.79 bits per heavy atom. The zero-order chi connectivity index (χ0) is 17.7. The van der Waals surface area contributed by atoms with Gasteiger partial charge in [-0.15, -0.1) is 0 Å². The molecule has 128 valence electrons. The molecule has 0 saturated heterocycles. The molecule has 2 aromatic carbocycles. The molecule has 0 aromatic heterocycles. The van der Waals surface area contributed by atoms with E-state index in [9.17, 15) is 18.6 Å². The Morgan fingerprint density at radius 3 is 2.42 bits per heavy atom. The summed E-state index contributed by atoms with van der Waals surface area (Å²) in [5.41, 5.74) is 0.398. The lowest BCUT2D eigenvalue weighted by atomic mass is 10.2. The smallest absolute Gasteiger partial charge is 0.280 e. The molecule has 0 aliphatic carbocycles. The number of hydrogen-bond donors (Lipinski definition) is 3. The van der Waals surface area contributed by atoms with Crippen molar-refractivity contribution < 1.29 is 28.1 Å². The highest BCUT2D eigenvalue weighted by atomic mass is 32.2. The van der Waals surface area contributed by atoms with Gasteiger partial charge >= 0.3 is 0 Å². The summed E-state index contributed by atoms with van der Waals surface area (Å²) in [6.07, 6.45) is 1.19. The van der Waals surface area contributed by atoms with E-state index >= 15 is 0 Å². The summed E-state index contributed by atoms with van der Waals surface area (Å²) in [7, 11) is -1.16. The van der Waals surface area contributed by atoms with Crippen molar-refractivity contribution in [3.8, 4) is 23.0 Å². The molecule has 24 heavy (non-hydrogen) atoms. The lowest BCUT2D eigenvalue weighted by Gasteiger charge is -2.10. The zero-order valence-electron chi connectivity index (χ0n) is 12.9. The Hall–Kier alpha value is -2.94. The summed E-state index contributed by atoms with van der Waals surface area (Å²) in [5.74, 6) is -0.0532. The third kappa shape index (κ3) is 3.87. The first-order chi connectivity index (χ1) is 11.4. The molecule has 0 aliphatic rings. The normalized spacial score (nSPS) is 11.4. The van der Waals surface area contributed by atoms with Crippen molar-refractivity contribution in [3.63, 3.8) is 0 Å². The van der Waals surface area contributed by atoms with Gasteiger partial charge in [0, 0.05) is 6.07 Å². The van der Waals surface area contributed by atoms with E-state index in [-0.39, 0.29) is 22.1 Å². The second-order valence-corrected chi connectivity index (χ2v) is 6.25. The van der Waals surface area contributed by atoms with Crippen molar-refractivity contribution in [1.29, 1.82) is 0 Å². The van der Waals surface area contributed by atoms with Crippen LogP contribution in [-0.4, -0.2) is 39.1 Å². The molecule has 3 N–H and O–H groups in total. The largest absolute Gasteiger partial charge is 0.504 e. The minimum Gasteiger partial charge on any atom is -0.504 e. The summed E-state index contributed by atoms with van der Waals surface area (Å²) < 4.78 is 34.6. The minimum absolute atomic E-state index is 0.100. The molecule has 0 unspecified atom stereocenters. The highest BCUT2D eigenvalue weighted by molar-refractivity contribution is 7.89. The van der Waals surface area contributed by atoms with Crippen LogP contribution in [-0.2, 0) is 10.0 Å². The first-order valence-electron chi connectivity index (χ1n) is 6.66. The van der Waals surface area contributed by atoms with Crippen molar-refractivity contribution in [2.45, 2.75) is 4.90 Å². The van der Waals surface area contributed by atoms with Crippen LogP contribution >= 0.6 is 0 Å². The number of methoxy groups -OCH3 is 2. The number of hydrogen-bond acceptors (Lipinski definition) is 7. The maximum Gasteiger partial charge on any atom is 0.280 e. The molecule has 0 aliphatic heterocycles. The first kappa shape index (κ1) is 17.4. The van der Waals surface area contributed by atoms with Gasteiger partial charge in [0.25, 0.3) is 10.0 Å². The standard InChI is InChI=1S/C15H16N2O6S/c1-22-11-4-6-15(14(8-11)23-2)24(20,21)17-16-9-10-3-5-12(18)13(19)7-10/h3-9,17-19H,1-2H3/b16-9+. The van der Waals surface area contributed by atoms with Gasteiger partial charge in [-0.3, -0.25) is 0 Å². The van der Waals surface area contributed by atoms with Gasteiger partial charge < -0.3 is 19.7 Å². The number of phenolic OH excluding ortho intramolecular Hbond substituents is 2. The quantitative estimate of drug-likeness (QED) is 0.411. The molecular weight excluding hydrogens is 336 g/mol. The van der Waals surface area contributed by atoms with E-state index in [4.69, 9.17) is 9.47 Å². The van der Waals surface area contributed by atoms with E-state index in [1.165, 1.54) is 56.8 Å². The average Bonchev–Trinajstić information content (AvgIpc) is 2.57. The maximum absolute atomic E-state index is 12.3. The predicted octanol–water partition coefficient (Wildman–Crippen LogP) is 1.43. The molecule has 0 saturated carbocycles. The van der Waals surface area contributed by atoms with Gasteiger partial charge in [-0.05, 0) is 35.9 Å². The van der Waals surface area contributed by atoms with Crippen LogP contribution in [0.25, 0.3) is 0 Å². The number of sulfonamides is 1. The number of rotatable bonds is 6. The van der Waals surface area contributed by atoms with E-state index in [0.29, 0.717) is 11.3 Å². The number of nitrogens with one attached hydrogen (secondary N) is 1. The van der Waals surface area contributed by atoms with Crippen molar-refractivity contribution in [3.05, 3.63) is 42.0 Å². The maximum atomic E-state index is 12.3. The number of nitrogens with zero attached hydrogens (tertiary/aromatic N) is 1. The summed E-state index contributed by atoms with van der Waals surface area (Å²) in [5, 5.41) is 22.2. The second-order valence-electron chi connectivity index (χ2n) is 4.62. The first-order valence-corrected chi connectivity index (χ1v) is 8.14. The Labute approximate surface area is 139 Å². The third-order valence-electron chi connectivity index (χ3n) is 3.05. The van der Waals surface area contributed by atoms with E-state index < -0.39 is 10.0 Å². The molecule has 0 spiro atoms. The van der Waals surface area contributed by atoms with Crippen LogP contribution in [0.15, 0.2) is 46.4 Å². The molecule has 0 radical (unpaired) electrons. The molecule has 2 aromatic rings. The molecule has 0 amide bonds. The molecular formula is C15H16N2O6S. The SMILES string of the molecule is COc1ccc(S(=O)(=O)N/N=C/c2ccc(O)c(O)c2)c(OC)c1. The Bertz CT molecular complexity index is 864. The second kappa shape index (κ2) is 7.09. The molecule has 2 rings (SSSR count). The van der Waals surface area contributed by atoms with Gasteiger partial charge in [-0.1, -0.05) is 0 Å². The van der Waals surface area contributed by atoms with Crippen molar-refractivity contribution in [1.82, 2.24) is 4.83 Å². The number of ether oxygens (including phenoxy) is 2. The summed E-state index contributed by atoms with van der Waals surface area (Å²) in [6.45, 7) is 0. The number of phenols is 2. The van der Waals surface area contributed by atoms with Gasteiger partial charge in [0.15, 0.2) is 11.5 Å². The van der Waals surface area contributed by atoms with Crippen LogP contribution in [0.2, 0.25) is 0 Å². The predicted molar refractivity (Wildman–Crippen MR) is 87.2 cm³/mol. The highest BCUT2D eigenvalue weighted by Gasteiger charge is 2.19. The molecule has 0 heterocycles. The molecule has 8 nitrogen and oxygen atoms in total. The van der Waals surface area contributed by atoms with Crippen LogP contribution in [0, 0.1) is 0 Å². The van der Waals surface area contributed by atoms with Gasteiger partial charge in [0.05, 0.1) is 20.4 Å². The van der Waals surface area contributed by atoms with Crippen molar-refractivity contribution in [2.75, 3.05) is 14.2 Å². The fourth-order valence-corrected chi connectivity index (χ4v) is 2.78. The highest BCUT2D eigenvalue weighted by Crippen LogP contribution is 2.28. The van der Waals surface area contributed by atoms with Crippen molar-refractivity contribution >= 4 is 16.2 Å². The van der Waals surface area contributed by atoms with Crippen LogP contribution in [0.3, 0.4) is 0 Å². The summed E-state index contributed by atoms with van der Waals surface area (Å²) in [4.78, 5) is 1.95. The van der Waals surface area contributed by atoms with E-state index in [2.05, 4.69) is 5.10 Å². The molecule has 0 fully saturated rings. The molecule has 0 bridgehead atoms. The van der Waals surface area contributed by atoms with E-state index in [1.54, 1.807) is 0 Å². The Balaban J connectivity index is 2.22. The minimum atomic E-state index is -3.96. The molecule has 9 heteroatoms. The topological polar surface area (TPSA) is 117 Å². The van der Waals surface area contributed by atoms with Crippen LogP contribution in [0.1, 0.15) is 5.56 Å².